The highest BCUT2D eigenvalue weighted by molar-refractivity contribution is 7.14. The molecule has 2 aromatic heterocycles. The highest BCUT2D eigenvalue weighted by Gasteiger charge is 2.62. The maximum absolute atomic E-state index is 14.8. The first kappa shape index (κ1) is 47.4. The van der Waals surface area contributed by atoms with E-state index >= 15 is 0 Å². The number of cyclic esters (lactones) is 1. The number of esters is 2. The first-order chi connectivity index (χ1) is 28.2. The van der Waals surface area contributed by atoms with Gasteiger partial charge in [0, 0.05) is 43.0 Å². The second-order valence-electron chi connectivity index (χ2n) is 17.4. The third kappa shape index (κ3) is 9.54. The molecule has 0 radical (unpaired) electrons. The second-order valence-corrected chi connectivity index (χ2v) is 18.5. The van der Waals surface area contributed by atoms with E-state index in [1.165, 1.54) is 18.4 Å². The van der Waals surface area contributed by atoms with Gasteiger partial charge in [0.25, 0.3) is 0 Å². The Morgan fingerprint density at radius 1 is 1.07 bits per heavy atom. The predicted molar refractivity (Wildman–Crippen MR) is 221 cm³/mol. The monoisotopic (exact) mass is 860 g/mol. The zero-order valence-corrected chi connectivity index (χ0v) is 37.6. The van der Waals surface area contributed by atoms with Crippen LogP contribution in [0.2, 0.25) is 0 Å². The molecule has 3 aliphatic rings. The number of likely N-dealkylation sites (N-methyl/N-ethyl adjacent to an activating group) is 1. The summed E-state index contributed by atoms with van der Waals surface area (Å²) in [4.78, 5) is 54.9. The van der Waals surface area contributed by atoms with Crippen LogP contribution in [-0.4, -0.2) is 129 Å². The first-order valence-electron chi connectivity index (χ1n) is 20.8. The summed E-state index contributed by atoms with van der Waals surface area (Å²) in [7, 11) is 5.22. The molecule has 3 fully saturated rings. The topological polar surface area (TPSA) is 227 Å². The van der Waals surface area contributed by atoms with Crippen LogP contribution in [-0.2, 0) is 42.9 Å². The van der Waals surface area contributed by atoms with E-state index in [0.29, 0.717) is 22.1 Å². The quantitative estimate of drug-likeness (QED) is 0.133. The van der Waals surface area contributed by atoms with Crippen LogP contribution >= 0.6 is 11.3 Å². The van der Waals surface area contributed by atoms with Gasteiger partial charge in [-0.15, -0.1) is 10.2 Å². The summed E-state index contributed by atoms with van der Waals surface area (Å²) < 4.78 is 31.3. The summed E-state index contributed by atoms with van der Waals surface area (Å²) in [6.45, 7) is 15.5. The molecule has 0 saturated carbocycles. The van der Waals surface area contributed by atoms with Gasteiger partial charge in [-0.2, -0.15) is 0 Å². The maximum atomic E-state index is 14.8. The predicted octanol–water partition coefficient (Wildman–Crippen LogP) is 3.91. The molecule has 18 heteroatoms. The molecular formula is C42H64N6O11S. The van der Waals surface area contributed by atoms with Crippen molar-refractivity contribution in [1.29, 1.82) is 0 Å². The molecule has 2 aromatic rings. The molecule has 4 N–H and O–H groups in total. The number of oxime groups is 1. The van der Waals surface area contributed by atoms with E-state index in [4.69, 9.17) is 34.3 Å². The highest BCUT2D eigenvalue weighted by Crippen LogP contribution is 2.48. The minimum Gasteiger partial charge on any atom is -0.458 e. The molecule has 5 rings (SSSR count). The minimum atomic E-state index is -1.55. The van der Waals surface area contributed by atoms with Crippen molar-refractivity contribution in [3.8, 4) is 10.7 Å². The van der Waals surface area contributed by atoms with Crippen molar-refractivity contribution in [3.63, 3.8) is 0 Å². The van der Waals surface area contributed by atoms with Crippen LogP contribution in [0.3, 0.4) is 0 Å². The van der Waals surface area contributed by atoms with Crippen LogP contribution in [0.5, 0.6) is 0 Å². The number of nitrogens with zero attached hydrogens (tertiary/aromatic N) is 5. The summed E-state index contributed by atoms with van der Waals surface area (Å²) in [6.07, 6.45) is -4.04. The number of ether oxygens (including phenoxy) is 5. The van der Waals surface area contributed by atoms with Crippen LogP contribution in [0.15, 0.2) is 29.6 Å². The van der Waals surface area contributed by atoms with Crippen molar-refractivity contribution < 1.29 is 53.1 Å². The van der Waals surface area contributed by atoms with E-state index in [0.717, 1.165) is 0 Å². The van der Waals surface area contributed by atoms with E-state index in [2.05, 4.69) is 20.3 Å². The lowest BCUT2D eigenvalue weighted by molar-refractivity contribution is -0.301. The molecule has 3 aliphatic heterocycles. The standard InChI is InChI=1S/C42H64N6O11S/c1-13-28-42(9)30(29(39(53)58-42)35(43)47-59-25(7)36-45-46-37(60-36)26-16-14-15-17-44-26)22(4)31(49)20(2)19-41(8,54-12)34(23(5)32(50)24(6)38(52)56-28)57-40-33(51)27(48(10)11)18-21(3)55-40/h14-17,20-25,27-30,32-34,40,50-51H,13,18-19H2,1-12H3,(H2,43,47)/t20-,21-,22-,23+,24-,25+,27+,28+,29?,30+,32?,33-,34-,40?,41-,42-/m1/s1. The molecule has 17 nitrogen and oxygen atoms in total. The number of aromatic nitrogens is 3. The number of fused-ring (bicyclic) bond motifs is 1. The molecule has 3 saturated heterocycles. The maximum Gasteiger partial charge on any atom is 0.317 e. The third-order valence-corrected chi connectivity index (χ3v) is 14.0. The van der Waals surface area contributed by atoms with Crippen LogP contribution < -0.4 is 5.73 Å². The summed E-state index contributed by atoms with van der Waals surface area (Å²) >= 11 is 1.27. The number of ketones is 1. The number of hydrogen-bond acceptors (Lipinski definition) is 17. The number of carbonyl (C=O) groups excluding carboxylic acids is 3. The molecule has 334 valence electrons. The normalized spacial score (nSPS) is 39.1. The Hall–Kier alpha value is -3.65. The lowest BCUT2D eigenvalue weighted by Gasteiger charge is -2.48. The number of rotatable bonds is 10. The summed E-state index contributed by atoms with van der Waals surface area (Å²) in [5.41, 5.74) is 4.44. The SMILES string of the molecule is CC[C@@H]1OC(=O)[C@H](C)C(O)[C@H](C)[C@@H](OC2O[C@H](C)C[C@H](N(C)C)[C@H]2O)[C@](C)(OC)C[C@@H](C)C(=O)[C@H](C)[C@H]2C(/C(N)=N/O[C@@H](C)c3nnc(-c4ccccn4)s3)C(=O)O[C@]12C. The van der Waals surface area contributed by atoms with Gasteiger partial charge in [0.05, 0.1) is 29.8 Å². The number of methoxy groups -OCH3 is 1. The Bertz CT molecular complexity index is 1840. The molecule has 3 unspecified atom stereocenters. The number of carbonyl (C=O) groups is 3. The largest absolute Gasteiger partial charge is 0.458 e. The van der Waals surface area contributed by atoms with Gasteiger partial charge >= 0.3 is 11.9 Å². The summed E-state index contributed by atoms with van der Waals surface area (Å²) in [5.74, 6) is -7.74. The lowest BCUT2D eigenvalue weighted by Crippen LogP contribution is -2.60. The molecule has 5 heterocycles. The molecule has 60 heavy (non-hydrogen) atoms. The van der Waals surface area contributed by atoms with Gasteiger partial charge in [-0.3, -0.25) is 19.4 Å². The average molecular weight is 861 g/mol. The second kappa shape index (κ2) is 19.2. The zero-order chi connectivity index (χ0) is 44.4. The number of nitrogens with two attached hydrogens (primary N) is 1. The Balaban J connectivity index is 1.50. The number of aliphatic hydroxyl groups excluding tert-OH is 2. The molecular weight excluding hydrogens is 797 g/mol. The van der Waals surface area contributed by atoms with E-state index in [1.54, 1.807) is 67.7 Å². The lowest BCUT2D eigenvalue weighted by atomic mass is 9.67. The average Bonchev–Trinajstić information content (AvgIpc) is 3.83. The first-order valence-corrected chi connectivity index (χ1v) is 21.6. The van der Waals surface area contributed by atoms with E-state index in [9.17, 15) is 24.6 Å². The van der Waals surface area contributed by atoms with Gasteiger partial charge in [0.15, 0.2) is 33.8 Å². The highest BCUT2D eigenvalue weighted by atomic mass is 32.1. The molecule has 0 amide bonds. The van der Waals surface area contributed by atoms with Crippen molar-refractivity contribution in [3.05, 3.63) is 29.4 Å². The fourth-order valence-electron chi connectivity index (χ4n) is 9.33. The Morgan fingerprint density at radius 3 is 2.38 bits per heavy atom. The Morgan fingerprint density at radius 2 is 1.77 bits per heavy atom. The fourth-order valence-corrected chi connectivity index (χ4v) is 10.1. The van der Waals surface area contributed by atoms with Crippen molar-refractivity contribution in [2.75, 3.05) is 21.2 Å². The number of amidine groups is 1. The van der Waals surface area contributed by atoms with Gasteiger partial charge in [-0.05, 0) is 80.1 Å². The molecule has 0 bridgehead atoms. The number of Topliss-reactive ketones (excluding diaryl/α,β-unsaturated/α-hetero) is 1. The van der Waals surface area contributed by atoms with Gasteiger partial charge in [-0.1, -0.05) is 50.3 Å². The number of pyridine rings is 1. The Labute approximate surface area is 356 Å². The zero-order valence-electron chi connectivity index (χ0n) is 36.8. The third-order valence-electron chi connectivity index (χ3n) is 12.9. The van der Waals surface area contributed by atoms with E-state index < -0.39 is 95.5 Å². The van der Waals surface area contributed by atoms with Gasteiger partial charge in [0.1, 0.15) is 29.6 Å². The molecule has 0 spiro atoms. The van der Waals surface area contributed by atoms with Gasteiger partial charge in [-0.25, -0.2) is 0 Å². The van der Waals surface area contributed by atoms with Crippen LogP contribution in [0.25, 0.3) is 10.7 Å². The minimum absolute atomic E-state index is 0.0926. The van der Waals surface area contributed by atoms with Crippen LogP contribution in [0.1, 0.15) is 92.7 Å². The van der Waals surface area contributed by atoms with Gasteiger partial charge in [0.2, 0.25) is 0 Å². The molecule has 16 atom stereocenters. The van der Waals surface area contributed by atoms with Crippen LogP contribution in [0, 0.1) is 35.5 Å². The van der Waals surface area contributed by atoms with E-state index in [-0.39, 0.29) is 36.6 Å². The Kier molecular flexibility index (Phi) is 15.1. The van der Waals surface area contributed by atoms with Crippen molar-refractivity contribution in [2.24, 2.45) is 46.4 Å². The molecule has 0 aliphatic carbocycles. The van der Waals surface area contributed by atoms with Gasteiger partial charge < -0.3 is 49.4 Å². The van der Waals surface area contributed by atoms with Crippen molar-refractivity contribution in [1.82, 2.24) is 20.1 Å². The number of hydrogen-bond donors (Lipinski definition) is 3. The summed E-state index contributed by atoms with van der Waals surface area (Å²) in [5, 5.41) is 37.1. The van der Waals surface area contributed by atoms with Crippen molar-refractivity contribution in [2.45, 2.75) is 142 Å². The summed E-state index contributed by atoms with van der Waals surface area (Å²) in [6, 6.07) is 5.17. The fraction of sp³-hybridized carbons (Fsp3) is 0.738. The smallest absolute Gasteiger partial charge is 0.317 e. The molecule has 0 aromatic carbocycles. The van der Waals surface area contributed by atoms with Crippen molar-refractivity contribution >= 4 is 34.9 Å². The van der Waals surface area contributed by atoms with Crippen LogP contribution in [0.4, 0.5) is 0 Å². The number of aliphatic hydroxyl groups is 2. The van der Waals surface area contributed by atoms with E-state index in [1.807, 2.05) is 38.1 Å².